The summed E-state index contributed by atoms with van der Waals surface area (Å²) < 4.78 is 23.3. The molecule has 45 heavy (non-hydrogen) atoms. The molecule has 0 unspecified atom stereocenters. The number of amides is 2. The molecule has 0 radical (unpaired) electrons. The molecule has 0 atom stereocenters. The summed E-state index contributed by atoms with van der Waals surface area (Å²) in [5.74, 6) is 0.896. The normalized spacial score (nSPS) is 17.8. The van der Waals surface area contributed by atoms with Gasteiger partial charge in [-0.2, -0.15) is 0 Å². The molecule has 1 aromatic heterocycles. The summed E-state index contributed by atoms with van der Waals surface area (Å²) in [7, 11) is 0. The van der Waals surface area contributed by atoms with E-state index in [1.165, 1.54) is 4.90 Å². The van der Waals surface area contributed by atoms with E-state index in [4.69, 9.17) is 18.9 Å². The number of carbonyl (C=O) groups excluding carboxylic acids is 2. The number of fused-ring (bicyclic) bond motifs is 2. The molecule has 1 N–H and O–H groups in total. The average Bonchev–Trinajstić information content (AvgIpc) is 3.20. The van der Waals surface area contributed by atoms with Crippen LogP contribution in [-0.4, -0.2) is 72.2 Å². The lowest BCUT2D eigenvalue weighted by Crippen LogP contribution is -2.45. The van der Waals surface area contributed by atoms with E-state index in [9.17, 15) is 14.7 Å². The number of morpholine rings is 1. The first-order valence-electron chi connectivity index (χ1n) is 15.4. The van der Waals surface area contributed by atoms with Crippen molar-refractivity contribution in [3.8, 4) is 5.75 Å². The predicted molar refractivity (Wildman–Crippen MR) is 168 cm³/mol. The van der Waals surface area contributed by atoms with Crippen LogP contribution >= 0.6 is 0 Å². The molecule has 4 heterocycles. The summed E-state index contributed by atoms with van der Waals surface area (Å²) in [6, 6.07) is 16.8. The lowest BCUT2D eigenvalue weighted by Gasteiger charge is -2.38. The highest BCUT2D eigenvalue weighted by Gasteiger charge is 2.39. The fourth-order valence-corrected chi connectivity index (χ4v) is 5.92. The van der Waals surface area contributed by atoms with Crippen molar-refractivity contribution in [2.45, 2.75) is 58.0 Å². The molecule has 2 aromatic carbocycles. The van der Waals surface area contributed by atoms with Crippen LogP contribution in [0.25, 0.3) is 0 Å². The number of ether oxygens (including phenoxy) is 4. The van der Waals surface area contributed by atoms with Crippen LogP contribution in [0.1, 0.15) is 50.3 Å². The average molecular weight is 617 g/mol. The molecule has 11 nitrogen and oxygen atoms in total. The topological polar surface area (TPSA) is 114 Å². The maximum absolute atomic E-state index is 13.9. The second-order valence-corrected chi connectivity index (χ2v) is 12.6. The lowest BCUT2D eigenvalue weighted by atomic mass is 9.84. The number of anilines is 3. The van der Waals surface area contributed by atoms with Crippen molar-refractivity contribution in [1.82, 2.24) is 9.88 Å². The zero-order chi connectivity index (χ0) is 31.6. The highest BCUT2D eigenvalue weighted by Crippen LogP contribution is 2.45. The molecule has 11 heteroatoms. The van der Waals surface area contributed by atoms with Crippen LogP contribution in [0.2, 0.25) is 0 Å². The molecule has 3 aromatic rings. The van der Waals surface area contributed by atoms with Crippen LogP contribution in [0.3, 0.4) is 0 Å². The van der Waals surface area contributed by atoms with Crippen molar-refractivity contribution in [1.29, 1.82) is 0 Å². The maximum atomic E-state index is 13.9. The van der Waals surface area contributed by atoms with Crippen molar-refractivity contribution in [3.63, 3.8) is 0 Å². The second-order valence-electron chi connectivity index (χ2n) is 12.6. The zero-order valence-electron chi connectivity index (χ0n) is 26.0. The first-order chi connectivity index (χ1) is 21.6. The van der Waals surface area contributed by atoms with Gasteiger partial charge < -0.3 is 33.9 Å². The molecule has 6 rings (SSSR count). The number of aromatic nitrogens is 1. The minimum Gasteiger partial charge on any atom is -0.486 e. The van der Waals surface area contributed by atoms with Gasteiger partial charge in [0.25, 0.3) is 0 Å². The molecule has 3 aliphatic rings. The maximum Gasteiger partial charge on any atom is 0.420 e. The first kappa shape index (κ1) is 30.7. The Bertz CT molecular complexity index is 1530. The Hall–Kier alpha value is -4.35. The number of piperidine rings is 1. The van der Waals surface area contributed by atoms with E-state index in [-0.39, 0.29) is 13.2 Å². The van der Waals surface area contributed by atoms with Crippen molar-refractivity contribution >= 4 is 29.4 Å². The summed E-state index contributed by atoms with van der Waals surface area (Å²) in [4.78, 5) is 36.6. The largest absolute Gasteiger partial charge is 0.486 e. The molecule has 3 aliphatic heterocycles. The van der Waals surface area contributed by atoms with Gasteiger partial charge in [-0.15, -0.1) is 0 Å². The summed E-state index contributed by atoms with van der Waals surface area (Å²) in [5, 5.41) is 11.9. The Balaban J connectivity index is 1.27. The Morgan fingerprint density at radius 2 is 1.69 bits per heavy atom. The van der Waals surface area contributed by atoms with Gasteiger partial charge in [0.05, 0.1) is 30.1 Å². The molecule has 2 amide bonds. The van der Waals surface area contributed by atoms with Gasteiger partial charge in [0.2, 0.25) is 0 Å². The van der Waals surface area contributed by atoms with Crippen LogP contribution in [0.15, 0.2) is 60.8 Å². The smallest absolute Gasteiger partial charge is 0.420 e. The van der Waals surface area contributed by atoms with Crippen molar-refractivity contribution in [2.75, 3.05) is 49.2 Å². The fourth-order valence-electron chi connectivity index (χ4n) is 5.92. The standard InChI is InChI=1S/C34H40N4O7/c1-33(2,3)45-32(40)38-28-21-25(34(41)12-15-37(16-13-34)31(39)44-22-24-7-5-4-6-8-24)9-10-29(28)43-23-26-27(11-14-35-30(26)38)36-17-19-42-20-18-36/h4-11,14,21,41H,12-13,15-20,22-23H2,1-3H3. The number of hydrogen-bond acceptors (Lipinski definition) is 9. The minimum atomic E-state index is -1.23. The minimum absolute atomic E-state index is 0.189. The molecule has 2 fully saturated rings. The van der Waals surface area contributed by atoms with E-state index in [0.717, 1.165) is 16.8 Å². The van der Waals surface area contributed by atoms with Gasteiger partial charge in [-0.05, 0) is 62.9 Å². The number of aliphatic hydroxyl groups is 1. The van der Waals surface area contributed by atoms with Crippen LogP contribution in [0, 0.1) is 0 Å². The number of pyridine rings is 1. The Morgan fingerprint density at radius 1 is 0.956 bits per heavy atom. The Kier molecular flexibility index (Phi) is 8.56. The number of likely N-dealkylation sites (tertiary alicyclic amines) is 1. The van der Waals surface area contributed by atoms with Gasteiger partial charge in [0.1, 0.15) is 24.6 Å². The third kappa shape index (κ3) is 6.69. The molecule has 2 saturated heterocycles. The highest BCUT2D eigenvalue weighted by molar-refractivity contribution is 5.99. The number of carbonyl (C=O) groups is 2. The SMILES string of the molecule is CC(C)(C)OC(=O)N1c2cc(C3(O)CCN(C(=O)OCc4ccccc4)CC3)ccc2OCc2c(N3CCOCC3)ccnc21. The van der Waals surface area contributed by atoms with Crippen molar-refractivity contribution in [2.24, 2.45) is 0 Å². The van der Waals surface area contributed by atoms with E-state index in [2.05, 4.69) is 9.88 Å². The molecule has 0 bridgehead atoms. The van der Waals surface area contributed by atoms with E-state index in [0.29, 0.717) is 75.1 Å². The van der Waals surface area contributed by atoms with Gasteiger partial charge in [-0.3, -0.25) is 0 Å². The molecule has 238 valence electrons. The lowest BCUT2D eigenvalue weighted by molar-refractivity contribution is -0.0255. The third-order valence-electron chi connectivity index (χ3n) is 8.31. The van der Waals surface area contributed by atoms with Crippen molar-refractivity contribution < 1.29 is 33.6 Å². The second kappa shape index (κ2) is 12.6. The zero-order valence-corrected chi connectivity index (χ0v) is 26.0. The monoisotopic (exact) mass is 616 g/mol. The van der Waals surface area contributed by atoms with Gasteiger partial charge in [0, 0.05) is 38.1 Å². The van der Waals surface area contributed by atoms with Crippen LogP contribution in [0.4, 0.5) is 26.8 Å². The van der Waals surface area contributed by atoms with Crippen LogP contribution in [0.5, 0.6) is 5.75 Å². The van der Waals surface area contributed by atoms with Crippen molar-refractivity contribution in [3.05, 3.63) is 77.5 Å². The van der Waals surface area contributed by atoms with E-state index < -0.39 is 23.4 Å². The Labute approximate surface area is 263 Å². The van der Waals surface area contributed by atoms with E-state index >= 15 is 0 Å². The molecular formula is C34H40N4O7. The Morgan fingerprint density at radius 3 is 2.40 bits per heavy atom. The van der Waals surface area contributed by atoms with E-state index in [1.807, 2.05) is 63.2 Å². The summed E-state index contributed by atoms with van der Waals surface area (Å²) >= 11 is 0. The van der Waals surface area contributed by atoms with Gasteiger partial charge >= 0.3 is 12.2 Å². The molecule has 0 spiro atoms. The number of hydrogen-bond donors (Lipinski definition) is 1. The van der Waals surface area contributed by atoms with Gasteiger partial charge in [-0.25, -0.2) is 19.5 Å². The summed E-state index contributed by atoms with van der Waals surface area (Å²) in [6.07, 6.45) is 1.29. The molecular weight excluding hydrogens is 576 g/mol. The number of rotatable bonds is 4. The summed E-state index contributed by atoms with van der Waals surface area (Å²) in [5.41, 5.74) is 1.66. The van der Waals surface area contributed by atoms with Gasteiger partial charge in [-0.1, -0.05) is 36.4 Å². The van der Waals surface area contributed by atoms with Gasteiger partial charge in [0.15, 0.2) is 5.82 Å². The number of benzene rings is 2. The third-order valence-corrected chi connectivity index (χ3v) is 8.31. The fraction of sp³-hybridized carbons (Fsp3) is 0.441. The van der Waals surface area contributed by atoms with Crippen LogP contribution < -0.4 is 14.5 Å². The number of nitrogens with zero attached hydrogens (tertiary/aromatic N) is 4. The molecule has 0 saturated carbocycles. The summed E-state index contributed by atoms with van der Waals surface area (Å²) in [6.45, 7) is 9.12. The molecule has 0 aliphatic carbocycles. The first-order valence-corrected chi connectivity index (χ1v) is 15.4. The highest BCUT2D eigenvalue weighted by atomic mass is 16.6. The predicted octanol–water partition coefficient (Wildman–Crippen LogP) is 5.50. The van der Waals surface area contributed by atoms with E-state index in [1.54, 1.807) is 23.2 Å². The quantitative estimate of drug-likeness (QED) is 0.406. The van der Waals surface area contributed by atoms with Crippen LogP contribution in [-0.2, 0) is 33.0 Å².